The lowest BCUT2D eigenvalue weighted by molar-refractivity contribution is -0.137. The molecule has 3 N–H and O–H groups in total. The van der Waals surface area contributed by atoms with Crippen LogP contribution >= 0.6 is 0 Å². The van der Waals surface area contributed by atoms with Crippen LogP contribution in [0.1, 0.15) is 18.0 Å². The molecule has 1 atom stereocenters. The van der Waals surface area contributed by atoms with Crippen LogP contribution in [0.4, 0.5) is 5.69 Å². The van der Waals surface area contributed by atoms with Gasteiger partial charge in [-0.2, -0.15) is 0 Å². The lowest BCUT2D eigenvalue weighted by Gasteiger charge is -2.26. The monoisotopic (exact) mass is 250 g/mol. The smallest absolute Gasteiger partial charge is 0.305 e. The number of carboxylic acids is 1. The molecule has 6 nitrogen and oxygen atoms in total. The van der Waals surface area contributed by atoms with Gasteiger partial charge in [0.2, 0.25) is 0 Å². The van der Waals surface area contributed by atoms with Crippen LogP contribution in [0.5, 0.6) is 5.75 Å². The molecule has 0 radical (unpaired) electrons. The second-order valence-electron chi connectivity index (χ2n) is 4.17. The molecular weight excluding hydrogens is 236 g/mol. The number of anilines is 1. The fourth-order valence-electron chi connectivity index (χ4n) is 1.83. The SMILES string of the molecule is CN1C(=O)COc2cc([C@@H](N)CC(=O)O)ccc21. The molecule has 1 aliphatic rings. The van der Waals surface area contributed by atoms with Crippen LogP contribution in [0.15, 0.2) is 18.2 Å². The summed E-state index contributed by atoms with van der Waals surface area (Å²) in [6, 6.07) is 4.53. The molecule has 0 aliphatic carbocycles. The standard InChI is InChI=1S/C12H14N2O4/c1-14-9-3-2-7(8(13)5-12(16)17)4-10(9)18-6-11(14)15/h2-4,8H,5-6,13H2,1H3,(H,16,17)/t8-/m0/s1. The highest BCUT2D eigenvalue weighted by molar-refractivity contribution is 5.97. The number of nitrogens with two attached hydrogens (primary N) is 1. The molecule has 0 spiro atoms. The fourth-order valence-corrected chi connectivity index (χ4v) is 1.83. The average molecular weight is 250 g/mol. The molecular formula is C12H14N2O4. The summed E-state index contributed by atoms with van der Waals surface area (Å²) in [5.74, 6) is -0.519. The molecule has 1 amide bonds. The van der Waals surface area contributed by atoms with Crippen molar-refractivity contribution in [3.05, 3.63) is 23.8 Å². The summed E-state index contributed by atoms with van der Waals surface area (Å²) in [6.07, 6.45) is -0.145. The van der Waals surface area contributed by atoms with Crippen molar-refractivity contribution >= 4 is 17.6 Å². The van der Waals surface area contributed by atoms with Crippen molar-refractivity contribution in [3.8, 4) is 5.75 Å². The molecule has 2 rings (SSSR count). The Morgan fingerprint density at radius 2 is 2.33 bits per heavy atom. The first kappa shape index (κ1) is 12.4. The summed E-state index contributed by atoms with van der Waals surface area (Å²) in [7, 11) is 1.67. The summed E-state index contributed by atoms with van der Waals surface area (Å²) in [6.45, 7) is -0.0128. The molecule has 0 aromatic heterocycles. The van der Waals surface area contributed by atoms with E-state index in [1.807, 2.05) is 0 Å². The predicted octanol–water partition coefficient (Wildman–Crippen LogP) is 0.516. The van der Waals surface area contributed by atoms with E-state index in [-0.39, 0.29) is 18.9 Å². The van der Waals surface area contributed by atoms with E-state index in [0.717, 1.165) is 0 Å². The lowest BCUT2D eigenvalue weighted by atomic mass is 10.0. The number of carbonyl (C=O) groups excluding carboxylic acids is 1. The zero-order valence-corrected chi connectivity index (χ0v) is 9.92. The van der Waals surface area contributed by atoms with Gasteiger partial charge in [-0.1, -0.05) is 6.07 Å². The Bertz CT molecular complexity index is 501. The number of fused-ring (bicyclic) bond motifs is 1. The molecule has 0 bridgehead atoms. The number of carboxylic acid groups (broad SMARTS) is 1. The van der Waals surface area contributed by atoms with Gasteiger partial charge in [0.05, 0.1) is 12.1 Å². The number of carbonyl (C=O) groups is 2. The van der Waals surface area contributed by atoms with Crippen molar-refractivity contribution in [1.82, 2.24) is 0 Å². The average Bonchev–Trinajstić information content (AvgIpc) is 2.32. The normalized spacial score (nSPS) is 15.9. The zero-order valence-electron chi connectivity index (χ0n) is 9.92. The van der Waals surface area contributed by atoms with Crippen LogP contribution in [0, 0.1) is 0 Å². The van der Waals surface area contributed by atoms with Crippen LogP contribution in [0.25, 0.3) is 0 Å². The maximum Gasteiger partial charge on any atom is 0.305 e. The summed E-state index contributed by atoms with van der Waals surface area (Å²) < 4.78 is 5.31. The van der Waals surface area contributed by atoms with Gasteiger partial charge < -0.3 is 20.5 Å². The Labute approximate surface area is 104 Å². The second kappa shape index (κ2) is 4.66. The van der Waals surface area contributed by atoms with Crippen molar-refractivity contribution in [2.24, 2.45) is 5.73 Å². The van der Waals surface area contributed by atoms with Gasteiger partial charge >= 0.3 is 5.97 Å². The molecule has 0 saturated heterocycles. The minimum atomic E-state index is -0.951. The lowest BCUT2D eigenvalue weighted by Crippen LogP contribution is -2.35. The first-order valence-corrected chi connectivity index (χ1v) is 5.49. The predicted molar refractivity (Wildman–Crippen MR) is 64.5 cm³/mol. The van der Waals surface area contributed by atoms with Crippen LogP contribution in [-0.2, 0) is 9.59 Å². The molecule has 1 heterocycles. The first-order chi connectivity index (χ1) is 8.49. The van der Waals surface area contributed by atoms with Gasteiger partial charge in [-0.15, -0.1) is 0 Å². The van der Waals surface area contributed by atoms with Gasteiger partial charge in [-0.05, 0) is 17.7 Å². The van der Waals surface area contributed by atoms with E-state index in [9.17, 15) is 9.59 Å². The van der Waals surface area contributed by atoms with Crippen molar-refractivity contribution in [2.75, 3.05) is 18.6 Å². The van der Waals surface area contributed by atoms with E-state index in [1.54, 1.807) is 25.2 Å². The number of ether oxygens (including phenoxy) is 1. The van der Waals surface area contributed by atoms with E-state index in [4.69, 9.17) is 15.6 Å². The third-order valence-electron chi connectivity index (χ3n) is 2.89. The molecule has 6 heteroatoms. The highest BCUT2D eigenvalue weighted by Gasteiger charge is 2.23. The number of hydrogen-bond acceptors (Lipinski definition) is 4. The summed E-state index contributed by atoms with van der Waals surface area (Å²) in [4.78, 5) is 23.5. The summed E-state index contributed by atoms with van der Waals surface area (Å²) in [5, 5.41) is 8.70. The van der Waals surface area contributed by atoms with Crippen LogP contribution < -0.4 is 15.4 Å². The minimum absolute atomic E-state index is 0.0128. The topological polar surface area (TPSA) is 92.9 Å². The van der Waals surface area contributed by atoms with E-state index in [0.29, 0.717) is 17.0 Å². The van der Waals surface area contributed by atoms with Crippen LogP contribution in [0.3, 0.4) is 0 Å². The maximum absolute atomic E-state index is 11.4. The van der Waals surface area contributed by atoms with E-state index in [1.165, 1.54) is 4.90 Å². The molecule has 1 aromatic rings. The molecule has 0 saturated carbocycles. The number of benzene rings is 1. The Hall–Kier alpha value is -2.08. The van der Waals surface area contributed by atoms with Gasteiger partial charge in [0.15, 0.2) is 6.61 Å². The Morgan fingerprint density at radius 3 is 3.00 bits per heavy atom. The molecule has 1 aliphatic heterocycles. The number of likely N-dealkylation sites (N-methyl/N-ethyl adjacent to an activating group) is 1. The highest BCUT2D eigenvalue weighted by Crippen LogP contribution is 2.33. The first-order valence-electron chi connectivity index (χ1n) is 5.49. The summed E-state index contributed by atoms with van der Waals surface area (Å²) >= 11 is 0. The highest BCUT2D eigenvalue weighted by atomic mass is 16.5. The Kier molecular flexibility index (Phi) is 3.20. The fraction of sp³-hybridized carbons (Fsp3) is 0.333. The van der Waals surface area contributed by atoms with Crippen molar-refractivity contribution in [1.29, 1.82) is 0 Å². The molecule has 18 heavy (non-hydrogen) atoms. The number of rotatable bonds is 3. The van der Waals surface area contributed by atoms with Gasteiger partial charge in [0.1, 0.15) is 5.75 Å². The minimum Gasteiger partial charge on any atom is -0.482 e. The maximum atomic E-state index is 11.4. The van der Waals surface area contributed by atoms with E-state index in [2.05, 4.69) is 0 Å². The second-order valence-corrected chi connectivity index (χ2v) is 4.17. The quantitative estimate of drug-likeness (QED) is 0.815. The number of nitrogens with zero attached hydrogens (tertiary/aromatic N) is 1. The van der Waals surface area contributed by atoms with Crippen molar-refractivity contribution < 1.29 is 19.4 Å². The number of amides is 1. The zero-order chi connectivity index (χ0) is 13.3. The number of hydrogen-bond donors (Lipinski definition) is 2. The third-order valence-corrected chi connectivity index (χ3v) is 2.89. The van der Waals surface area contributed by atoms with Crippen LogP contribution in [-0.4, -0.2) is 30.6 Å². The Morgan fingerprint density at radius 1 is 1.61 bits per heavy atom. The molecule has 1 aromatic carbocycles. The van der Waals surface area contributed by atoms with Gasteiger partial charge in [-0.25, -0.2) is 0 Å². The van der Waals surface area contributed by atoms with Crippen molar-refractivity contribution in [2.45, 2.75) is 12.5 Å². The van der Waals surface area contributed by atoms with E-state index >= 15 is 0 Å². The largest absolute Gasteiger partial charge is 0.482 e. The third kappa shape index (κ3) is 2.28. The van der Waals surface area contributed by atoms with Gasteiger partial charge in [-0.3, -0.25) is 9.59 Å². The number of aliphatic carboxylic acids is 1. The Balaban J connectivity index is 2.28. The van der Waals surface area contributed by atoms with Gasteiger partial charge in [0, 0.05) is 13.1 Å². The molecule has 0 unspecified atom stereocenters. The van der Waals surface area contributed by atoms with Gasteiger partial charge in [0.25, 0.3) is 5.91 Å². The molecule has 96 valence electrons. The summed E-state index contributed by atoms with van der Waals surface area (Å²) in [5.41, 5.74) is 7.12. The van der Waals surface area contributed by atoms with Crippen LogP contribution in [0.2, 0.25) is 0 Å². The van der Waals surface area contributed by atoms with E-state index < -0.39 is 12.0 Å². The van der Waals surface area contributed by atoms with Crippen molar-refractivity contribution in [3.63, 3.8) is 0 Å². The molecule has 0 fully saturated rings.